The summed E-state index contributed by atoms with van der Waals surface area (Å²) in [6.45, 7) is -0.304. The minimum atomic E-state index is -4.21. The standard InChI is InChI=1S/C12H13F2NO4S/c13-8-2-3-10(9(14)6-8)20(18,19)15-7-12(11(16)17)4-1-5-12/h2-3,6,15H,1,4-5,7H2,(H,16,17). The fraction of sp³-hybridized carbons (Fsp3) is 0.417. The minimum absolute atomic E-state index is 0.304. The number of carboxylic acids is 1. The van der Waals surface area contributed by atoms with Crippen molar-refractivity contribution in [2.75, 3.05) is 6.54 Å². The van der Waals surface area contributed by atoms with E-state index in [2.05, 4.69) is 4.72 Å². The molecule has 0 radical (unpaired) electrons. The van der Waals surface area contributed by atoms with Gasteiger partial charge in [0.05, 0.1) is 5.41 Å². The Bertz CT molecular complexity index is 641. The number of rotatable bonds is 5. The van der Waals surface area contributed by atoms with E-state index in [1.54, 1.807) is 0 Å². The maximum Gasteiger partial charge on any atom is 0.310 e. The lowest BCUT2D eigenvalue weighted by Gasteiger charge is -2.37. The molecule has 2 N–H and O–H groups in total. The van der Waals surface area contributed by atoms with Crippen molar-refractivity contribution in [1.29, 1.82) is 0 Å². The maximum absolute atomic E-state index is 13.4. The summed E-state index contributed by atoms with van der Waals surface area (Å²) in [5, 5.41) is 9.08. The van der Waals surface area contributed by atoms with Crippen LogP contribution in [0.2, 0.25) is 0 Å². The lowest BCUT2D eigenvalue weighted by Crippen LogP contribution is -2.47. The van der Waals surface area contributed by atoms with Gasteiger partial charge in [0, 0.05) is 12.6 Å². The highest BCUT2D eigenvalue weighted by molar-refractivity contribution is 7.89. The first-order chi connectivity index (χ1) is 9.27. The van der Waals surface area contributed by atoms with E-state index in [9.17, 15) is 22.0 Å². The Morgan fingerprint density at radius 2 is 2.00 bits per heavy atom. The van der Waals surface area contributed by atoms with Crippen LogP contribution in [0, 0.1) is 17.0 Å². The van der Waals surface area contributed by atoms with Gasteiger partial charge in [-0.15, -0.1) is 0 Å². The number of halogens is 2. The fourth-order valence-electron chi connectivity index (χ4n) is 2.07. The smallest absolute Gasteiger partial charge is 0.310 e. The highest BCUT2D eigenvalue weighted by Crippen LogP contribution is 2.40. The van der Waals surface area contributed by atoms with Crippen LogP contribution in [0.25, 0.3) is 0 Å². The number of carbonyl (C=O) groups is 1. The van der Waals surface area contributed by atoms with E-state index < -0.39 is 37.9 Å². The van der Waals surface area contributed by atoms with Crippen LogP contribution in [0.1, 0.15) is 19.3 Å². The highest BCUT2D eigenvalue weighted by atomic mass is 32.2. The lowest BCUT2D eigenvalue weighted by molar-refractivity contribution is -0.153. The number of hydrogen-bond donors (Lipinski definition) is 2. The summed E-state index contributed by atoms with van der Waals surface area (Å²) in [6, 6.07) is 2.10. The van der Waals surface area contributed by atoms with Gasteiger partial charge in [-0.05, 0) is 25.0 Å². The van der Waals surface area contributed by atoms with Gasteiger partial charge in [-0.1, -0.05) is 6.42 Å². The predicted octanol–water partition coefficient (Wildman–Crippen LogP) is 1.50. The van der Waals surface area contributed by atoms with Crippen LogP contribution in [-0.4, -0.2) is 26.0 Å². The van der Waals surface area contributed by atoms with E-state index in [-0.39, 0.29) is 6.54 Å². The number of aliphatic carboxylic acids is 1. The molecule has 5 nitrogen and oxygen atoms in total. The molecule has 1 saturated carbocycles. The molecule has 8 heteroatoms. The second-order valence-electron chi connectivity index (χ2n) is 4.84. The Morgan fingerprint density at radius 1 is 1.35 bits per heavy atom. The van der Waals surface area contributed by atoms with Crippen LogP contribution in [0.15, 0.2) is 23.1 Å². The van der Waals surface area contributed by atoms with Crippen molar-refractivity contribution in [1.82, 2.24) is 4.72 Å². The largest absolute Gasteiger partial charge is 0.481 e. The van der Waals surface area contributed by atoms with Gasteiger partial charge in [0.2, 0.25) is 10.0 Å². The Kier molecular flexibility index (Phi) is 3.79. The summed E-state index contributed by atoms with van der Waals surface area (Å²) in [5.74, 6) is -3.18. The van der Waals surface area contributed by atoms with Gasteiger partial charge in [0.15, 0.2) is 0 Å². The van der Waals surface area contributed by atoms with Crippen molar-refractivity contribution in [2.24, 2.45) is 5.41 Å². The Hall–Kier alpha value is -1.54. The summed E-state index contributed by atoms with van der Waals surface area (Å²) in [4.78, 5) is 10.4. The van der Waals surface area contributed by atoms with E-state index in [1.165, 1.54) is 0 Å². The SMILES string of the molecule is O=C(O)C1(CNS(=O)(=O)c2ccc(F)cc2F)CCC1. The van der Waals surface area contributed by atoms with E-state index in [4.69, 9.17) is 5.11 Å². The molecule has 0 saturated heterocycles. The van der Waals surface area contributed by atoms with Gasteiger partial charge in [-0.2, -0.15) is 0 Å². The molecule has 1 aliphatic carbocycles. The molecule has 0 unspecified atom stereocenters. The minimum Gasteiger partial charge on any atom is -0.481 e. The number of benzene rings is 1. The van der Waals surface area contributed by atoms with Crippen LogP contribution in [0.5, 0.6) is 0 Å². The second-order valence-corrected chi connectivity index (χ2v) is 6.57. The molecule has 20 heavy (non-hydrogen) atoms. The maximum atomic E-state index is 13.4. The van der Waals surface area contributed by atoms with Gasteiger partial charge in [0.1, 0.15) is 16.5 Å². The molecule has 0 amide bonds. The second kappa shape index (κ2) is 5.10. The Balaban J connectivity index is 2.17. The number of carboxylic acid groups (broad SMARTS) is 1. The average molecular weight is 305 g/mol. The molecule has 0 atom stereocenters. The normalized spacial score (nSPS) is 17.5. The first-order valence-electron chi connectivity index (χ1n) is 5.95. The number of nitrogens with one attached hydrogen (secondary N) is 1. The first kappa shape index (κ1) is 14.9. The van der Waals surface area contributed by atoms with Crippen LogP contribution >= 0.6 is 0 Å². The third-order valence-corrected chi connectivity index (χ3v) is 4.98. The molecular formula is C12H13F2NO4S. The summed E-state index contributed by atoms with van der Waals surface area (Å²) in [7, 11) is -4.21. The monoisotopic (exact) mass is 305 g/mol. The number of hydrogen-bond acceptors (Lipinski definition) is 3. The van der Waals surface area contributed by atoms with Gasteiger partial charge < -0.3 is 5.11 Å². The van der Waals surface area contributed by atoms with Gasteiger partial charge in [-0.25, -0.2) is 21.9 Å². The third kappa shape index (κ3) is 2.66. The zero-order valence-corrected chi connectivity index (χ0v) is 11.2. The third-order valence-electron chi connectivity index (χ3n) is 3.55. The van der Waals surface area contributed by atoms with Gasteiger partial charge in [-0.3, -0.25) is 4.79 Å². The van der Waals surface area contributed by atoms with E-state index >= 15 is 0 Å². The molecule has 110 valence electrons. The summed E-state index contributed by atoms with van der Waals surface area (Å²) < 4.78 is 52.1. The fourth-order valence-corrected chi connectivity index (χ4v) is 3.26. The van der Waals surface area contributed by atoms with Crippen molar-refractivity contribution in [3.8, 4) is 0 Å². The van der Waals surface area contributed by atoms with E-state index in [1.807, 2.05) is 0 Å². The Labute approximate surface area is 114 Å². The van der Waals surface area contributed by atoms with Crippen molar-refractivity contribution >= 4 is 16.0 Å². The van der Waals surface area contributed by atoms with Crippen molar-refractivity contribution in [3.63, 3.8) is 0 Å². The van der Waals surface area contributed by atoms with E-state index in [0.29, 0.717) is 25.3 Å². The highest BCUT2D eigenvalue weighted by Gasteiger charge is 2.45. The molecular weight excluding hydrogens is 292 g/mol. The summed E-state index contributed by atoms with van der Waals surface area (Å²) >= 11 is 0. The molecule has 1 aromatic carbocycles. The molecule has 0 aliphatic heterocycles. The van der Waals surface area contributed by atoms with Crippen molar-refractivity contribution in [3.05, 3.63) is 29.8 Å². The molecule has 0 bridgehead atoms. The molecule has 0 spiro atoms. The first-order valence-corrected chi connectivity index (χ1v) is 7.43. The van der Waals surface area contributed by atoms with Crippen molar-refractivity contribution in [2.45, 2.75) is 24.2 Å². The number of sulfonamides is 1. The Morgan fingerprint density at radius 3 is 2.45 bits per heavy atom. The van der Waals surface area contributed by atoms with Crippen LogP contribution in [0.3, 0.4) is 0 Å². The van der Waals surface area contributed by atoms with Crippen LogP contribution in [0.4, 0.5) is 8.78 Å². The molecule has 0 heterocycles. The molecule has 2 rings (SSSR count). The molecule has 1 aliphatic rings. The quantitative estimate of drug-likeness (QED) is 0.863. The zero-order chi connectivity index (χ0) is 15.0. The molecule has 0 aromatic heterocycles. The van der Waals surface area contributed by atoms with Crippen LogP contribution < -0.4 is 4.72 Å². The van der Waals surface area contributed by atoms with E-state index in [0.717, 1.165) is 12.1 Å². The summed E-state index contributed by atoms with van der Waals surface area (Å²) in [6.07, 6.45) is 1.45. The summed E-state index contributed by atoms with van der Waals surface area (Å²) in [5.41, 5.74) is -1.12. The predicted molar refractivity (Wildman–Crippen MR) is 65.5 cm³/mol. The van der Waals surface area contributed by atoms with Gasteiger partial charge in [0.25, 0.3) is 0 Å². The topological polar surface area (TPSA) is 83.5 Å². The van der Waals surface area contributed by atoms with Crippen LogP contribution in [-0.2, 0) is 14.8 Å². The van der Waals surface area contributed by atoms with Crippen molar-refractivity contribution < 1.29 is 27.1 Å². The lowest BCUT2D eigenvalue weighted by atomic mass is 9.69. The molecule has 1 aromatic rings. The average Bonchev–Trinajstić information content (AvgIpc) is 2.25. The zero-order valence-electron chi connectivity index (χ0n) is 10.4. The molecule has 1 fully saturated rings. The van der Waals surface area contributed by atoms with Gasteiger partial charge >= 0.3 is 5.97 Å².